The minimum atomic E-state index is -0.848. The van der Waals surface area contributed by atoms with Gasteiger partial charge in [-0.05, 0) is 18.2 Å². The average Bonchev–Trinajstić information content (AvgIpc) is 2.90. The third-order valence-corrected chi connectivity index (χ3v) is 3.09. The van der Waals surface area contributed by atoms with Crippen molar-refractivity contribution in [1.82, 2.24) is 4.98 Å². The van der Waals surface area contributed by atoms with Gasteiger partial charge < -0.3 is 13.9 Å². The van der Waals surface area contributed by atoms with Gasteiger partial charge in [-0.2, -0.15) is 0 Å². The molecular formula is C13H9Cl2NO5. The van der Waals surface area contributed by atoms with Crippen LogP contribution in [0.25, 0.3) is 11.5 Å². The zero-order valence-electron chi connectivity index (χ0n) is 11.0. The van der Waals surface area contributed by atoms with E-state index in [1.165, 1.54) is 6.07 Å². The van der Waals surface area contributed by atoms with Crippen molar-refractivity contribution in [3.05, 3.63) is 39.7 Å². The molecule has 0 fully saturated rings. The Morgan fingerprint density at radius 1 is 1.14 bits per heavy atom. The minimum Gasteiger partial charge on any atom is -0.464 e. The number of carbonyl (C=O) groups excluding carboxylic acids is 2. The van der Waals surface area contributed by atoms with E-state index < -0.39 is 11.9 Å². The summed E-state index contributed by atoms with van der Waals surface area (Å²) in [5.41, 5.74) is 0.0896. The van der Waals surface area contributed by atoms with Crippen LogP contribution in [-0.2, 0) is 9.47 Å². The predicted molar refractivity (Wildman–Crippen MR) is 74.6 cm³/mol. The van der Waals surface area contributed by atoms with Crippen LogP contribution in [0.15, 0.2) is 22.6 Å². The molecule has 0 saturated heterocycles. The summed E-state index contributed by atoms with van der Waals surface area (Å²) in [7, 11) is 2.31. The van der Waals surface area contributed by atoms with Crippen molar-refractivity contribution < 1.29 is 23.5 Å². The normalized spacial score (nSPS) is 10.3. The fourth-order valence-electron chi connectivity index (χ4n) is 1.56. The third kappa shape index (κ3) is 3.01. The molecule has 8 heteroatoms. The first kappa shape index (κ1) is 15.3. The van der Waals surface area contributed by atoms with Crippen molar-refractivity contribution in [3.8, 4) is 11.5 Å². The number of halogens is 2. The van der Waals surface area contributed by atoms with Crippen molar-refractivity contribution in [2.45, 2.75) is 0 Å². The number of esters is 2. The Morgan fingerprint density at radius 3 is 2.38 bits per heavy atom. The molecule has 0 radical (unpaired) electrons. The topological polar surface area (TPSA) is 78.6 Å². The molecule has 1 heterocycles. The zero-order valence-corrected chi connectivity index (χ0v) is 12.5. The van der Waals surface area contributed by atoms with Gasteiger partial charge in [-0.15, -0.1) is 0 Å². The summed E-state index contributed by atoms with van der Waals surface area (Å²) in [6, 6.07) is 4.61. The Morgan fingerprint density at radius 2 is 1.81 bits per heavy atom. The Balaban J connectivity index is 2.58. The number of rotatable bonds is 3. The lowest BCUT2D eigenvalue weighted by molar-refractivity contribution is 0.0527. The second kappa shape index (κ2) is 6.15. The van der Waals surface area contributed by atoms with Crippen LogP contribution in [0.1, 0.15) is 21.0 Å². The second-order valence-corrected chi connectivity index (χ2v) is 4.65. The molecule has 0 saturated carbocycles. The molecule has 110 valence electrons. The maximum atomic E-state index is 11.6. The number of benzene rings is 1. The lowest BCUT2D eigenvalue weighted by atomic mass is 10.2. The van der Waals surface area contributed by atoms with Gasteiger partial charge in [0.2, 0.25) is 17.3 Å². The molecular weight excluding hydrogens is 321 g/mol. The molecule has 2 rings (SSSR count). The molecule has 2 aromatic rings. The van der Waals surface area contributed by atoms with Gasteiger partial charge in [0.25, 0.3) is 0 Å². The highest BCUT2D eigenvalue weighted by atomic mass is 35.5. The monoisotopic (exact) mass is 329 g/mol. The van der Waals surface area contributed by atoms with E-state index in [2.05, 4.69) is 14.5 Å². The van der Waals surface area contributed by atoms with Crippen LogP contribution in [0.3, 0.4) is 0 Å². The highest BCUT2D eigenvalue weighted by molar-refractivity contribution is 6.36. The average molecular weight is 330 g/mol. The molecule has 0 atom stereocenters. The van der Waals surface area contributed by atoms with E-state index in [-0.39, 0.29) is 22.4 Å². The number of aromatic nitrogens is 1. The minimum absolute atomic E-state index is 0.0162. The zero-order chi connectivity index (χ0) is 15.6. The Hall–Kier alpha value is -2.05. The van der Waals surface area contributed by atoms with Crippen LogP contribution in [0, 0.1) is 0 Å². The molecule has 0 aliphatic carbocycles. The SMILES string of the molecule is COC(=O)c1nc(-c2ccc(Cl)cc2Cl)oc1C(=O)OC. The number of hydrogen-bond acceptors (Lipinski definition) is 6. The first-order chi connectivity index (χ1) is 9.97. The summed E-state index contributed by atoms with van der Waals surface area (Å²) >= 11 is 11.8. The first-order valence-electron chi connectivity index (χ1n) is 5.60. The van der Waals surface area contributed by atoms with Crippen molar-refractivity contribution in [2.75, 3.05) is 14.2 Å². The molecule has 6 nitrogen and oxygen atoms in total. The molecule has 1 aromatic carbocycles. The molecule has 0 N–H and O–H groups in total. The fraction of sp³-hybridized carbons (Fsp3) is 0.154. The van der Waals surface area contributed by atoms with Crippen LogP contribution < -0.4 is 0 Å². The van der Waals surface area contributed by atoms with Gasteiger partial charge >= 0.3 is 11.9 Å². The summed E-state index contributed by atoms with van der Waals surface area (Å²) in [6.45, 7) is 0. The molecule has 21 heavy (non-hydrogen) atoms. The maximum Gasteiger partial charge on any atom is 0.376 e. The fourth-order valence-corrected chi connectivity index (χ4v) is 2.05. The number of methoxy groups -OCH3 is 2. The lowest BCUT2D eigenvalue weighted by Gasteiger charge is -1.99. The van der Waals surface area contributed by atoms with Crippen molar-refractivity contribution in [3.63, 3.8) is 0 Å². The van der Waals surface area contributed by atoms with Crippen LogP contribution in [0.2, 0.25) is 10.0 Å². The summed E-state index contributed by atoms with van der Waals surface area (Å²) in [4.78, 5) is 27.2. The van der Waals surface area contributed by atoms with Crippen molar-refractivity contribution in [1.29, 1.82) is 0 Å². The number of oxazole rings is 1. The number of carbonyl (C=O) groups is 2. The number of nitrogens with zero attached hydrogens (tertiary/aromatic N) is 1. The second-order valence-electron chi connectivity index (χ2n) is 3.80. The maximum absolute atomic E-state index is 11.6. The largest absolute Gasteiger partial charge is 0.464 e. The van der Waals surface area contributed by atoms with E-state index in [0.717, 1.165) is 14.2 Å². The van der Waals surface area contributed by atoms with E-state index in [0.29, 0.717) is 10.6 Å². The highest BCUT2D eigenvalue weighted by Gasteiger charge is 2.28. The number of hydrogen-bond donors (Lipinski definition) is 0. The van der Waals surface area contributed by atoms with Gasteiger partial charge in [-0.3, -0.25) is 0 Å². The molecule has 1 aromatic heterocycles. The molecule has 0 amide bonds. The lowest BCUT2D eigenvalue weighted by Crippen LogP contribution is -2.10. The van der Waals surface area contributed by atoms with E-state index in [4.69, 9.17) is 27.6 Å². The van der Waals surface area contributed by atoms with E-state index in [9.17, 15) is 9.59 Å². The molecule has 0 aliphatic rings. The van der Waals surface area contributed by atoms with Crippen molar-refractivity contribution >= 4 is 35.1 Å². The van der Waals surface area contributed by atoms with E-state index in [1.54, 1.807) is 12.1 Å². The summed E-state index contributed by atoms with van der Waals surface area (Å²) in [6.07, 6.45) is 0. The van der Waals surface area contributed by atoms with Gasteiger partial charge in [-0.1, -0.05) is 23.2 Å². The van der Waals surface area contributed by atoms with E-state index in [1.807, 2.05) is 0 Å². The Labute approximate surface area is 129 Å². The van der Waals surface area contributed by atoms with Crippen LogP contribution in [-0.4, -0.2) is 31.1 Å². The Bertz CT molecular complexity index is 677. The van der Waals surface area contributed by atoms with Crippen LogP contribution in [0.4, 0.5) is 0 Å². The first-order valence-corrected chi connectivity index (χ1v) is 6.36. The molecule has 0 bridgehead atoms. The summed E-state index contributed by atoms with van der Waals surface area (Å²) < 4.78 is 14.4. The van der Waals surface area contributed by atoms with Gasteiger partial charge in [0, 0.05) is 5.02 Å². The summed E-state index contributed by atoms with van der Waals surface area (Å²) in [5.74, 6) is -2.04. The molecule has 0 aliphatic heterocycles. The van der Waals surface area contributed by atoms with Crippen molar-refractivity contribution in [2.24, 2.45) is 0 Å². The van der Waals surface area contributed by atoms with Gasteiger partial charge in [0.1, 0.15) is 0 Å². The molecule has 0 spiro atoms. The smallest absolute Gasteiger partial charge is 0.376 e. The van der Waals surface area contributed by atoms with Gasteiger partial charge in [-0.25, -0.2) is 14.6 Å². The molecule has 0 unspecified atom stereocenters. The van der Waals surface area contributed by atoms with Crippen LogP contribution in [0.5, 0.6) is 0 Å². The standard InChI is InChI=1S/C13H9Cl2NO5/c1-19-12(17)9-10(13(18)20-2)21-11(16-9)7-4-3-6(14)5-8(7)15/h3-5H,1-2H3. The Kier molecular flexibility index (Phi) is 4.50. The summed E-state index contributed by atoms with van der Waals surface area (Å²) in [5, 5.41) is 0.688. The van der Waals surface area contributed by atoms with Crippen LogP contribution >= 0.6 is 23.2 Å². The van der Waals surface area contributed by atoms with E-state index >= 15 is 0 Å². The van der Waals surface area contributed by atoms with Gasteiger partial charge in [0.05, 0.1) is 24.8 Å². The third-order valence-electron chi connectivity index (χ3n) is 2.54. The quantitative estimate of drug-likeness (QED) is 0.804. The van der Waals surface area contributed by atoms with Gasteiger partial charge in [0.15, 0.2) is 0 Å². The highest BCUT2D eigenvalue weighted by Crippen LogP contribution is 2.31. The predicted octanol–water partition coefficient (Wildman–Crippen LogP) is 3.22. The number of ether oxygens (including phenoxy) is 2.